The SMILES string of the molecule is C1=CCCC(N2c3cc(-c4ccc5c(c4)c4ccccc4n5-c4cc(-c5ccccc5)nc(C5C=CC=CC5)c4)ccc3C3C=CCCC32)=C1. The van der Waals surface area contributed by atoms with E-state index >= 15 is 0 Å². The van der Waals surface area contributed by atoms with Gasteiger partial charge < -0.3 is 9.47 Å². The summed E-state index contributed by atoms with van der Waals surface area (Å²) >= 11 is 0. The van der Waals surface area contributed by atoms with Crippen molar-refractivity contribution in [3.63, 3.8) is 0 Å². The van der Waals surface area contributed by atoms with Crippen molar-refractivity contribution >= 4 is 27.5 Å². The summed E-state index contributed by atoms with van der Waals surface area (Å²) in [6.45, 7) is 0. The van der Waals surface area contributed by atoms with Crippen molar-refractivity contribution < 1.29 is 0 Å². The van der Waals surface area contributed by atoms with Gasteiger partial charge in [-0.2, -0.15) is 0 Å². The molecular formula is C47H39N3. The van der Waals surface area contributed by atoms with Crippen molar-refractivity contribution in [2.45, 2.75) is 50.0 Å². The molecule has 3 atom stereocenters. The summed E-state index contributed by atoms with van der Waals surface area (Å²) in [5.74, 6) is 0.715. The second kappa shape index (κ2) is 12.0. The first-order valence-corrected chi connectivity index (χ1v) is 18.2. The van der Waals surface area contributed by atoms with E-state index in [1.165, 1.54) is 56.3 Å². The van der Waals surface area contributed by atoms with Crippen LogP contribution < -0.4 is 4.90 Å². The summed E-state index contributed by atoms with van der Waals surface area (Å²) in [7, 11) is 0. The van der Waals surface area contributed by atoms with Crippen LogP contribution in [-0.4, -0.2) is 15.6 Å². The van der Waals surface area contributed by atoms with Gasteiger partial charge in [0.15, 0.2) is 0 Å². The lowest BCUT2D eigenvalue weighted by molar-refractivity contribution is 0.546. The fourth-order valence-electron chi connectivity index (χ4n) is 8.81. The standard InChI is InChI=1S/C47H39N3/c1-4-14-32(15-5-1)42-30-37(31-43(48-42)33-16-6-2-7-17-33)50-45-23-13-11-21-39(45)41-28-34(25-27-46(41)50)35-24-26-40-38-20-10-12-22-44(38)49(47(40)29-35)36-18-8-3-9-19-36/h1-8,10-11,13-16,18,20-21,23-31,33,38,44H,9,12,17,19,22H2. The highest BCUT2D eigenvalue weighted by molar-refractivity contribution is 6.10. The van der Waals surface area contributed by atoms with Crippen molar-refractivity contribution in [2.24, 2.45) is 0 Å². The van der Waals surface area contributed by atoms with E-state index in [1.807, 2.05) is 0 Å². The Morgan fingerprint density at radius 3 is 2.38 bits per heavy atom. The van der Waals surface area contributed by atoms with Crippen molar-refractivity contribution in [3.05, 3.63) is 175 Å². The minimum atomic E-state index is 0.251. The van der Waals surface area contributed by atoms with Crippen LogP contribution in [0.5, 0.6) is 0 Å². The molecule has 0 saturated carbocycles. The van der Waals surface area contributed by atoms with Crippen LogP contribution in [0.25, 0.3) is 49.9 Å². The predicted octanol–water partition coefficient (Wildman–Crippen LogP) is 12.0. The van der Waals surface area contributed by atoms with Gasteiger partial charge in [0.25, 0.3) is 0 Å². The molecule has 0 amide bonds. The number of para-hydroxylation sites is 1. The number of pyridine rings is 1. The van der Waals surface area contributed by atoms with Gasteiger partial charge in [-0.3, -0.25) is 4.98 Å². The number of nitrogens with zero attached hydrogens (tertiary/aromatic N) is 3. The summed E-state index contributed by atoms with van der Waals surface area (Å²) in [5.41, 5.74) is 13.7. The zero-order valence-corrected chi connectivity index (χ0v) is 28.1. The molecule has 3 aliphatic carbocycles. The van der Waals surface area contributed by atoms with Crippen LogP contribution in [0.3, 0.4) is 0 Å². The Bertz CT molecular complexity index is 2440. The van der Waals surface area contributed by atoms with E-state index in [9.17, 15) is 0 Å². The van der Waals surface area contributed by atoms with E-state index in [0.717, 1.165) is 48.3 Å². The van der Waals surface area contributed by atoms with Gasteiger partial charge in [-0.1, -0.05) is 115 Å². The molecule has 0 bridgehead atoms. The minimum Gasteiger partial charge on any atom is -0.341 e. The number of benzene rings is 4. The molecule has 4 aromatic carbocycles. The van der Waals surface area contributed by atoms with Gasteiger partial charge in [-0.25, -0.2) is 0 Å². The molecule has 10 rings (SSSR count). The molecule has 242 valence electrons. The number of aromatic nitrogens is 2. The zero-order chi connectivity index (χ0) is 33.0. The number of fused-ring (bicyclic) bond motifs is 6. The minimum absolute atomic E-state index is 0.251. The van der Waals surface area contributed by atoms with Crippen LogP contribution in [0.1, 0.15) is 55.2 Å². The average molecular weight is 646 g/mol. The summed E-state index contributed by atoms with van der Waals surface area (Å²) in [6, 6.07) is 38.8. The fourth-order valence-corrected chi connectivity index (χ4v) is 8.81. The number of hydrogen-bond acceptors (Lipinski definition) is 2. The highest BCUT2D eigenvalue weighted by Gasteiger charge is 2.39. The highest BCUT2D eigenvalue weighted by atomic mass is 15.2. The van der Waals surface area contributed by atoms with E-state index in [4.69, 9.17) is 4.98 Å². The van der Waals surface area contributed by atoms with Crippen LogP contribution in [-0.2, 0) is 0 Å². The molecule has 4 aliphatic rings. The quantitative estimate of drug-likeness (QED) is 0.174. The first kappa shape index (κ1) is 29.3. The third-order valence-electron chi connectivity index (χ3n) is 11.2. The maximum atomic E-state index is 5.23. The van der Waals surface area contributed by atoms with Gasteiger partial charge in [0.05, 0.1) is 28.1 Å². The second-order valence-corrected chi connectivity index (χ2v) is 14.1. The molecule has 3 heteroatoms. The molecule has 1 aliphatic heterocycles. The highest BCUT2D eigenvalue weighted by Crippen LogP contribution is 2.49. The van der Waals surface area contributed by atoms with E-state index < -0.39 is 0 Å². The lowest BCUT2D eigenvalue weighted by Crippen LogP contribution is -2.34. The normalized spacial score (nSPS) is 20.8. The van der Waals surface area contributed by atoms with E-state index in [0.29, 0.717) is 12.0 Å². The Kier molecular flexibility index (Phi) is 7.04. The van der Waals surface area contributed by atoms with Gasteiger partial charge in [0, 0.05) is 45.6 Å². The van der Waals surface area contributed by atoms with Gasteiger partial charge in [0.2, 0.25) is 0 Å². The summed E-state index contributed by atoms with van der Waals surface area (Å²) < 4.78 is 2.44. The lowest BCUT2D eigenvalue weighted by atomic mass is 9.87. The van der Waals surface area contributed by atoms with Crippen LogP contribution >= 0.6 is 0 Å². The van der Waals surface area contributed by atoms with Crippen molar-refractivity contribution in [1.29, 1.82) is 0 Å². The Morgan fingerprint density at radius 1 is 0.640 bits per heavy atom. The maximum absolute atomic E-state index is 5.23. The summed E-state index contributed by atoms with van der Waals surface area (Å²) in [4.78, 5) is 7.92. The largest absolute Gasteiger partial charge is 0.341 e. The Labute approximate surface area is 293 Å². The van der Waals surface area contributed by atoms with Crippen LogP contribution in [0, 0.1) is 0 Å². The van der Waals surface area contributed by atoms with Gasteiger partial charge in [-0.15, -0.1) is 0 Å². The first-order valence-electron chi connectivity index (χ1n) is 18.2. The first-order chi connectivity index (χ1) is 24.8. The molecule has 0 spiro atoms. The fraction of sp³-hybridized carbons (Fsp3) is 0.170. The summed E-state index contributed by atoms with van der Waals surface area (Å²) in [5, 5.41) is 2.54. The Morgan fingerprint density at radius 2 is 1.50 bits per heavy atom. The smallest absolute Gasteiger partial charge is 0.0726 e. The molecule has 0 radical (unpaired) electrons. The van der Waals surface area contributed by atoms with Crippen molar-refractivity contribution in [2.75, 3.05) is 4.90 Å². The van der Waals surface area contributed by atoms with Crippen molar-refractivity contribution in [1.82, 2.24) is 9.55 Å². The summed E-state index contributed by atoms with van der Waals surface area (Å²) in [6.07, 6.45) is 26.1. The molecule has 2 aromatic heterocycles. The van der Waals surface area contributed by atoms with Crippen molar-refractivity contribution in [3.8, 4) is 28.1 Å². The third kappa shape index (κ3) is 4.83. The van der Waals surface area contributed by atoms with Crippen LogP contribution in [0.2, 0.25) is 0 Å². The monoisotopic (exact) mass is 645 g/mol. The van der Waals surface area contributed by atoms with Crippen LogP contribution in [0.4, 0.5) is 5.69 Å². The molecular weight excluding hydrogens is 607 g/mol. The number of anilines is 1. The molecule has 6 aromatic rings. The van der Waals surface area contributed by atoms with Gasteiger partial charge >= 0.3 is 0 Å². The second-order valence-electron chi connectivity index (χ2n) is 14.1. The molecule has 0 N–H and O–H groups in total. The molecule has 3 unspecified atom stereocenters. The number of rotatable bonds is 5. The van der Waals surface area contributed by atoms with E-state index in [-0.39, 0.29) is 5.92 Å². The Hall–Kier alpha value is -5.67. The topological polar surface area (TPSA) is 21.1 Å². The van der Waals surface area contributed by atoms with Gasteiger partial charge in [0.1, 0.15) is 0 Å². The molecule has 0 saturated heterocycles. The number of allylic oxidation sites excluding steroid dienone is 9. The lowest BCUT2D eigenvalue weighted by Gasteiger charge is -2.34. The maximum Gasteiger partial charge on any atom is 0.0726 e. The predicted molar refractivity (Wildman–Crippen MR) is 209 cm³/mol. The molecule has 3 nitrogen and oxygen atoms in total. The average Bonchev–Trinajstić information content (AvgIpc) is 3.71. The third-order valence-corrected chi connectivity index (χ3v) is 11.2. The van der Waals surface area contributed by atoms with E-state index in [2.05, 4.69) is 167 Å². The van der Waals surface area contributed by atoms with Gasteiger partial charge in [-0.05, 0) is 91.3 Å². The Balaban J connectivity index is 1.12. The molecule has 0 fully saturated rings. The molecule has 3 heterocycles. The molecule has 50 heavy (non-hydrogen) atoms. The number of hydrogen-bond donors (Lipinski definition) is 0. The van der Waals surface area contributed by atoms with Crippen LogP contribution in [0.15, 0.2) is 164 Å². The zero-order valence-electron chi connectivity index (χ0n) is 28.1. The van der Waals surface area contributed by atoms with E-state index in [1.54, 1.807) is 0 Å².